The van der Waals surface area contributed by atoms with Gasteiger partial charge in [0.25, 0.3) is 0 Å². The number of aromatic nitrogens is 2. The van der Waals surface area contributed by atoms with Crippen LogP contribution in [0.1, 0.15) is 10.4 Å². The Balaban J connectivity index is 1.84. The van der Waals surface area contributed by atoms with Crippen molar-refractivity contribution in [2.75, 3.05) is 5.32 Å². The standard InChI is InChI=1S/C21H15N3O2/c25-21(26)18-13-19(14-4-2-1-3-5-14)24-20-12-16(6-7-17(18)20)23-15-8-10-22-11-9-15/h1-13H,(H,22,23)(H,25,26). The van der Waals surface area contributed by atoms with Gasteiger partial charge in [-0.3, -0.25) is 4.98 Å². The SMILES string of the molecule is O=C(O)c1cc(-c2ccccc2)nc2cc(Nc3ccncc3)ccc12. The largest absolute Gasteiger partial charge is 0.478 e. The summed E-state index contributed by atoms with van der Waals surface area (Å²) in [5, 5.41) is 13.5. The second-order valence-electron chi connectivity index (χ2n) is 5.82. The van der Waals surface area contributed by atoms with Crippen molar-refractivity contribution in [1.82, 2.24) is 9.97 Å². The molecule has 5 nitrogen and oxygen atoms in total. The maximum absolute atomic E-state index is 11.7. The highest BCUT2D eigenvalue weighted by Gasteiger charge is 2.13. The van der Waals surface area contributed by atoms with Gasteiger partial charge in [-0.05, 0) is 36.4 Å². The lowest BCUT2D eigenvalue weighted by Crippen LogP contribution is -2.01. The molecule has 5 heteroatoms. The van der Waals surface area contributed by atoms with Crippen LogP contribution in [0.3, 0.4) is 0 Å². The van der Waals surface area contributed by atoms with Crippen LogP contribution in [-0.2, 0) is 0 Å². The molecular weight excluding hydrogens is 326 g/mol. The predicted molar refractivity (Wildman–Crippen MR) is 102 cm³/mol. The number of pyridine rings is 2. The fraction of sp³-hybridized carbons (Fsp3) is 0. The summed E-state index contributed by atoms with van der Waals surface area (Å²) in [6, 6.07) is 20.4. The van der Waals surface area contributed by atoms with Crippen molar-refractivity contribution in [2.45, 2.75) is 0 Å². The van der Waals surface area contributed by atoms with Crippen LogP contribution in [0.25, 0.3) is 22.2 Å². The lowest BCUT2D eigenvalue weighted by molar-refractivity contribution is 0.0699. The molecule has 0 saturated carbocycles. The number of nitrogens with one attached hydrogen (secondary N) is 1. The van der Waals surface area contributed by atoms with E-state index in [9.17, 15) is 9.90 Å². The van der Waals surface area contributed by atoms with E-state index in [1.807, 2.05) is 54.6 Å². The molecule has 26 heavy (non-hydrogen) atoms. The number of carboxylic acids is 1. The maximum Gasteiger partial charge on any atom is 0.336 e. The van der Waals surface area contributed by atoms with Gasteiger partial charge in [-0.15, -0.1) is 0 Å². The summed E-state index contributed by atoms with van der Waals surface area (Å²) in [6.07, 6.45) is 3.41. The highest BCUT2D eigenvalue weighted by Crippen LogP contribution is 2.28. The summed E-state index contributed by atoms with van der Waals surface area (Å²) >= 11 is 0. The normalized spacial score (nSPS) is 10.6. The molecule has 2 N–H and O–H groups in total. The van der Waals surface area contributed by atoms with Crippen LogP contribution in [0.5, 0.6) is 0 Å². The fourth-order valence-electron chi connectivity index (χ4n) is 2.84. The minimum atomic E-state index is -0.968. The van der Waals surface area contributed by atoms with Gasteiger partial charge in [0, 0.05) is 34.7 Å². The molecule has 0 unspecified atom stereocenters. The number of benzene rings is 2. The number of hydrogen-bond acceptors (Lipinski definition) is 4. The number of rotatable bonds is 4. The van der Waals surface area contributed by atoms with E-state index in [2.05, 4.69) is 15.3 Å². The summed E-state index contributed by atoms with van der Waals surface area (Å²) in [5.41, 5.74) is 4.11. The van der Waals surface area contributed by atoms with Gasteiger partial charge in [-0.1, -0.05) is 30.3 Å². The molecule has 0 aliphatic heterocycles. The number of anilines is 2. The van der Waals surface area contributed by atoms with Crippen LogP contribution in [0.4, 0.5) is 11.4 Å². The van der Waals surface area contributed by atoms with Crippen LogP contribution in [0, 0.1) is 0 Å². The first-order valence-electron chi connectivity index (χ1n) is 8.11. The molecule has 126 valence electrons. The minimum Gasteiger partial charge on any atom is -0.478 e. The molecule has 2 heterocycles. The molecule has 0 radical (unpaired) electrons. The van der Waals surface area contributed by atoms with Gasteiger partial charge in [0.05, 0.1) is 16.8 Å². The number of fused-ring (bicyclic) bond motifs is 1. The molecule has 0 saturated heterocycles. The molecular formula is C21H15N3O2. The van der Waals surface area contributed by atoms with Gasteiger partial charge in [-0.25, -0.2) is 9.78 Å². The first-order valence-corrected chi connectivity index (χ1v) is 8.11. The maximum atomic E-state index is 11.7. The van der Waals surface area contributed by atoms with Crippen LogP contribution < -0.4 is 5.32 Å². The van der Waals surface area contributed by atoms with E-state index in [1.54, 1.807) is 24.5 Å². The molecule has 4 rings (SSSR count). The van der Waals surface area contributed by atoms with Gasteiger partial charge in [0.1, 0.15) is 0 Å². The molecule has 0 fully saturated rings. The third-order valence-electron chi connectivity index (χ3n) is 4.08. The van der Waals surface area contributed by atoms with E-state index < -0.39 is 5.97 Å². The van der Waals surface area contributed by atoms with Crippen molar-refractivity contribution in [1.29, 1.82) is 0 Å². The van der Waals surface area contributed by atoms with Crippen LogP contribution >= 0.6 is 0 Å². The summed E-state index contributed by atoms with van der Waals surface area (Å²) < 4.78 is 0. The zero-order valence-electron chi connectivity index (χ0n) is 13.8. The Labute approximate surface area is 150 Å². The topological polar surface area (TPSA) is 75.1 Å². The number of hydrogen-bond donors (Lipinski definition) is 2. The van der Waals surface area contributed by atoms with E-state index in [4.69, 9.17) is 0 Å². The Kier molecular flexibility index (Phi) is 4.03. The third kappa shape index (κ3) is 3.10. The van der Waals surface area contributed by atoms with Gasteiger partial charge < -0.3 is 10.4 Å². The zero-order valence-corrected chi connectivity index (χ0v) is 13.8. The Morgan fingerprint density at radius 3 is 2.38 bits per heavy atom. The minimum absolute atomic E-state index is 0.240. The molecule has 0 amide bonds. The predicted octanol–water partition coefficient (Wildman–Crippen LogP) is 4.74. The summed E-state index contributed by atoms with van der Waals surface area (Å²) in [4.78, 5) is 20.4. The average Bonchev–Trinajstić information content (AvgIpc) is 2.68. The lowest BCUT2D eigenvalue weighted by Gasteiger charge is -2.10. The monoisotopic (exact) mass is 341 g/mol. The zero-order chi connectivity index (χ0) is 17.9. The lowest BCUT2D eigenvalue weighted by atomic mass is 10.0. The Morgan fingerprint density at radius 2 is 1.65 bits per heavy atom. The number of nitrogens with zero attached hydrogens (tertiary/aromatic N) is 2. The molecule has 4 aromatic rings. The quantitative estimate of drug-likeness (QED) is 0.561. The Hall–Kier alpha value is -3.73. The van der Waals surface area contributed by atoms with Crippen LogP contribution in [0.15, 0.2) is 79.1 Å². The van der Waals surface area contributed by atoms with E-state index in [0.717, 1.165) is 16.9 Å². The number of carbonyl (C=O) groups is 1. The molecule has 0 aliphatic carbocycles. The highest BCUT2D eigenvalue weighted by molar-refractivity contribution is 6.04. The molecule has 0 aliphatic rings. The first kappa shape index (κ1) is 15.8. The Morgan fingerprint density at radius 1 is 0.885 bits per heavy atom. The Bertz CT molecular complexity index is 1080. The molecule has 0 spiro atoms. The number of aromatic carboxylic acids is 1. The summed E-state index contributed by atoms with van der Waals surface area (Å²) in [6.45, 7) is 0. The third-order valence-corrected chi connectivity index (χ3v) is 4.08. The van der Waals surface area contributed by atoms with Crippen molar-refractivity contribution >= 4 is 28.2 Å². The second-order valence-corrected chi connectivity index (χ2v) is 5.82. The van der Waals surface area contributed by atoms with Gasteiger partial charge in [0.15, 0.2) is 0 Å². The van der Waals surface area contributed by atoms with E-state index in [0.29, 0.717) is 16.6 Å². The van der Waals surface area contributed by atoms with Gasteiger partial charge >= 0.3 is 5.97 Å². The molecule has 2 aromatic carbocycles. The van der Waals surface area contributed by atoms with Crippen LogP contribution in [0.2, 0.25) is 0 Å². The fourth-order valence-corrected chi connectivity index (χ4v) is 2.84. The van der Waals surface area contributed by atoms with Crippen molar-refractivity contribution in [3.63, 3.8) is 0 Å². The summed E-state index contributed by atoms with van der Waals surface area (Å²) in [5.74, 6) is -0.968. The van der Waals surface area contributed by atoms with Crippen molar-refractivity contribution in [3.8, 4) is 11.3 Å². The summed E-state index contributed by atoms with van der Waals surface area (Å²) in [7, 11) is 0. The van der Waals surface area contributed by atoms with Crippen molar-refractivity contribution in [2.24, 2.45) is 0 Å². The average molecular weight is 341 g/mol. The molecule has 2 aromatic heterocycles. The van der Waals surface area contributed by atoms with E-state index >= 15 is 0 Å². The van der Waals surface area contributed by atoms with E-state index in [-0.39, 0.29) is 5.56 Å². The number of carboxylic acid groups (broad SMARTS) is 1. The highest BCUT2D eigenvalue weighted by atomic mass is 16.4. The molecule has 0 bridgehead atoms. The smallest absolute Gasteiger partial charge is 0.336 e. The first-order chi connectivity index (χ1) is 12.7. The van der Waals surface area contributed by atoms with Crippen LogP contribution in [-0.4, -0.2) is 21.0 Å². The van der Waals surface area contributed by atoms with Gasteiger partial charge in [-0.2, -0.15) is 0 Å². The van der Waals surface area contributed by atoms with Crippen molar-refractivity contribution in [3.05, 3.63) is 84.7 Å². The molecule has 0 atom stereocenters. The van der Waals surface area contributed by atoms with E-state index in [1.165, 1.54) is 0 Å². The van der Waals surface area contributed by atoms with Gasteiger partial charge in [0.2, 0.25) is 0 Å². The van der Waals surface area contributed by atoms with Crippen molar-refractivity contribution < 1.29 is 9.90 Å². The second kappa shape index (κ2) is 6.64.